The van der Waals surface area contributed by atoms with Crippen molar-refractivity contribution in [3.05, 3.63) is 38.8 Å². The number of nitrogens with zero attached hydrogens (tertiary/aromatic N) is 3. The van der Waals surface area contributed by atoms with Crippen LogP contribution in [0.5, 0.6) is 0 Å². The molecule has 4 N–H and O–H groups in total. The molecule has 12 heteroatoms. The number of nitrogens with two attached hydrogens (primary N) is 1. The van der Waals surface area contributed by atoms with E-state index in [1.54, 1.807) is 12.4 Å². The Morgan fingerprint density at radius 3 is 2.67 bits per heavy atom. The molecule has 4 heterocycles. The summed E-state index contributed by atoms with van der Waals surface area (Å²) in [5.41, 5.74) is 4.20. The highest BCUT2D eigenvalue weighted by Crippen LogP contribution is 2.50. The maximum Gasteiger partial charge on any atom is 0.425 e. The summed E-state index contributed by atoms with van der Waals surface area (Å²) in [7, 11) is 0. The topological polar surface area (TPSA) is 114 Å². The monoisotopic (exact) mass is 488 g/mol. The molecule has 1 unspecified atom stereocenters. The summed E-state index contributed by atoms with van der Waals surface area (Å²) in [6.07, 6.45) is 0.359. The molecule has 1 spiro atoms. The van der Waals surface area contributed by atoms with E-state index in [4.69, 9.17) is 10.5 Å². The molecule has 33 heavy (non-hydrogen) atoms. The van der Waals surface area contributed by atoms with Crippen LogP contribution in [0.4, 0.5) is 13.2 Å². The Kier molecular flexibility index (Phi) is 6.33. The summed E-state index contributed by atoms with van der Waals surface area (Å²) in [6, 6.07) is 0. The van der Waals surface area contributed by atoms with Gasteiger partial charge in [-0.3, -0.25) is 14.4 Å². The Balaban J connectivity index is 1.45. The first-order chi connectivity index (χ1) is 15.4. The van der Waals surface area contributed by atoms with Gasteiger partial charge < -0.3 is 20.7 Å². The number of halogens is 3. The third-order valence-corrected chi connectivity index (χ3v) is 7.94. The van der Waals surface area contributed by atoms with E-state index in [1.165, 1.54) is 11.6 Å². The number of aromatic nitrogens is 2. The lowest BCUT2D eigenvalue weighted by Crippen LogP contribution is -2.45. The minimum Gasteiger partial charge on any atom is -0.392 e. The van der Waals surface area contributed by atoms with Crippen molar-refractivity contribution in [3.63, 3.8) is 0 Å². The number of hydrogen-bond acceptors (Lipinski definition) is 7. The summed E-state index contributed by atoms with van der Waals surface area (Å²) in [6.45, 7) is 2.79. The third kappa shape index (κ3) is 4.67. The van der Waals surface area contributed by atoms with Crippen LogP contribution in [0.2, 0.25) is 0 Å². The van der Waals surface area contributed by atoms with Gasteiger partial charge in [0, 0.05) is 41.8 Å². The first-order valence-corrected chi connectivity index (χ1v) is 11.5. The number of aliphatic hydroxyl groups is 2. The van der Waals surface area contributed by atoms with Gasteiger partial charge >= 0.3 is 6.18 Å². The molecule has 1 saturated heterocycles. The molecule has 1 amide bonds. The van der Waals surface area contributed by atoms with Crippen molar-refractivity contribution in [2.45, 2.75) is 63.3 Å². The van der Waals surface area contributed by atoms with Gasteiger partial charge in [-0.15, -0.1) is 11.3 Å². The van der Waals surface area contributed by atoms with Crippen molar-refractivity contribution in [2.75, 3.05) is 19.7 Å². The number of carbonyl (C=O) groups excluding carboxylic acids is 1. The Hall–Kier alpha value is -1.99. The van der Waals surface area contributed by atoms with Crippen molar-refractivity contribution in [2.24, 2.45) is 5.73 Å². The van der Waals surface area contributed by atoms with E-state index in [0.717, 1.165) is 5.56 Å². The predicted octanol–water partition coefficient (Wildman–Crippen LogP) is 1.76. The number of fused-ring (bicyclic) bond motifs is 2. The van der Waals surface area contributed by atoms with E-state index in [9.17, 15) is 28.2 Å². The van der Waals surface area contributed by atoms with Gasteiger partial charge in [0.25, 0.3) is 5.91 Å². The number of carbonyl (C=O) groups is 1. The molecule has 4 rings (SSSR count). The molecule has 2 aromatic heterocycles. The minimum absolute atomic E-state index is 0.00753. The van der Waals surface area contributed by atoms with Crippen molar-refractivity contribution in [1.82, 2.24) is 14.7 Å². The van der Waals surface area contributed by atoms with Crippen molar-refractivity contribution < 1.29 is 32.9 Å². The molecule has 2 aliphatic rings. The van der Waals surface area contributed by atoms with Crippen LogP contribution in [-0.4, -0.2) is 56.1 Å². The second-order valence-electron chi connectivity index (χ2n) is 8.93. The molecule has 2 aliphatic heterocycles. The van der Waals surface area contributed by atoms with Gasteiger partial charge in [0.15, 0.2) is 5.60 Å². The first-order valence-electron chi connectivity index (χ1n) is 10.7. The van der Waals surface area contributed by atoms with Gasteiger partial charge in [-0.2, -0.15) is 18.3 Å². The lowest BCUT2D eigenvalue weighted by molar-refractivity contribution is -0.136. The summed E-state index contributed by atoms with van der Waals surface area (Å²) < 4.78 is 48.1. The number of thiophene rings is 1. The molecule has 2 aromatic rings. The third-order valence-electron chi connectivity index (χ3n) is 6.43. The molecule has 0 bridgehead atoms. The van der Waals surface area contributed by atoms with Gasteiger partial charge in [-0.05, 0) is 31.7 Å². The molecule has 0 aliphatic carbocycles. The Labute approximate surface area is 192 Å². The van der Waals surface area contributed by atoms with Crippen LogP contribution in [0.25, 0.3) is 0 Å². The second-order valence-corrected chi connectivity index (χ2v) is 9.95. The van der Waals surface area contributed by atoms with Gasteiger partial charge in [0.05, 0.1) is 26.0 Å². The summed E-state index contributed by atoms with van der Waals surface area (Å²) in [4.78, 5) is 13.4. The van der Waals surface area contributed by atoms with Gasteiger partial charge in [0.1, 0.15) is 10.5 Å². The first kappa shape index (κ1) is 24.1. The summed E-state index contributed by atoms with van der Waals surface area (Å²) in [5, 5.41) is 23.8. The van der Waals surface area contributed by atoms with Crippen molar-refractivity contribution in [1.29, 1.82) is 0 Å². The quantitative estimate of drug-likeness (QED) is 0.571. The molecule has 8 nitrogen and oxygen atoms in total. The highest BCUT2D eigenvalue weighted by molar-refractivity contribution is 7.12. The Bertz CT molecular complexity index is 1030. The van der Waals surface area contributed by atoms with Crippen LogP contribution < -0.4 is 5.73 Å². The molecular weight excluding hydrogens is 461 g/mol. The number of ether oxygens (including phenoxy) is 1. The van der Waals surface area contributed by atoms with Crippen LogP contribution in [0.3, 0.4) is 0 Å². The molecule has 0 saturated carbocycles. The SMILES string of the molecule is CC(O)(Cn1cc(CN2CCC3(CC2)OCCc2c3sc(C(F)(F)F)c2CO)cn1)C(N)=O. The molecule has 1 fully saturated rings. The van der Waals surface area contributed by atoms with Crippen LogP contribution in [0.1, 0.15) is 46.2 Å². The highest BCUT2D eigenvalue weighted by atomic mass is 32.1. The molecule has 0 aromatic carbocycles. The van der Waals surface area contributed by atoms with Crippen LogP contribution >= 0.6 is 11.3 Å². The zero-order valence-electron chi connectivity index (χ0n) is 18.2. The second kappa shape index (κ2) is 8.66. The zero-order chi connectivity index (χ0) is 24.0. The van der Waals surface area contributed by atoms with Gasteiger partial charge in [-0.25, -0.2) is 0 Å². The maximum atomic E-state index is 13.5. The summed E-state index contributed by atoms with van der Waals surface area (Å²) >= 11 is 0.712. The smallest absolute Gasteiger partial charge is 0.392 e. The van der Waals surface area contributed by atoms with Crippen molar-refractivity contribution in [3.8, 4) is 0 Å². The lowest BCUT2D eigenvalue weighted by atomic mass is 9.84. The van der Waals surface area contributed by atoms with E-state index >= 15 is 0 Å². The number of piperidine rings is 1. The standard InChI is InChI=1S/C21H27F3N4O4S/c1-19(31,18(25)30)12-28-10-13(8-26-28)9-27-5-3-20(4-6-27)16-14(2-7-32-20)15(11-29)17(33-16)21(22,23)24/h8,10,29,31H,2-7,9,11-12H2,1H3,(H2,25,30). The van der Waals surface area contributed by atoms with E-state index in [0.29, 0.717) is 67.3 Å². The Morgan fingerprint density at radius 2 is 2.06 bits per heavy atom. The number of alkyl halides is 3. The van der Waals surface area contributed by atoms with Crippen LogP contribution in [-0.2, 0) is 47.4 Å². The molecule has 182 valence electrons. The number of hydrogen-bond donors (Lipinski definition) is 3. The predicted molar refractivity (Wildman–Crippen MR) is 113 cm³/mol. The van der Waals surface area contributed by atoms with E-state index in [2.05, 4.69) is 10.00 Å². The largest absolute Gasteiger partial charge is 0.425 e. The number of likely N-dealkylation sites (tertiary alicyclic amines) is 1. The van der Waals surface area contributed by atoms with Gasteiger partial charge in [0.2, 0.25) is 0 Å². The van der Waals surface area contributed by atoms with E-state index in [1.807, 2.05) is 0 Å². The normalized spacial score (nSPS) is 20.5. The maximum absolute atomic E-state index is 13.5. The zero-order valence-corrected chi connectivity index (χ0v) is 19.0. The average molecular weight is 489 g/mol. The van der Waals surface area contributed by atoms with Crippen molar-refractivity contribution >= 4 is 17.2 Å². The molecular formula is C21H27F3N4O4S. The fourth-order valence-corrected chi connectivity index (χ4v) is 6.04. The lowest BCUT2D eigenvalue weighted by Gasteiger charge is -2.43. The van der Waals surface area contributed by atoms with E-state index in [-0.39, 0.29) is 12.1 Å². The molecule has 1 atom stereocenters. The fraction of sp³-hybridized carbons (Fsp3) is 0.619. The highest BCUT2D eigenvalue weighted by Gasteiger charge is 2.47. The molecule has 0 radical (unpaired) electrons. The average Bonchev–Trinajstić information content (AvgIpc) is 3.34. The fourth-order valence-electron chi connectivity index (χ4n) is 4.61. The van der Waals surface area contributed by atoms with Crippen LogP contribution in [0, 0.1) is 0 Å². The number of primary amides is 1. The van der Waals surface area contributed by atoms with Crippen LogP contribution in [0.15, 0.2) is 12.4 Å². The number of amides is 1. The van der Waals surface area contributed by atoms with E-state index < -0.39 is 34.8 Å². The summed E-state index contributed by atoms with van der Waals surface area (Å²) in [5.74, 6) is -0.834. The Morgan fingerprint density at radius 1 is 1.36 bits per heavy atom. The van der Waals surface area contributed by atoms with Gasteiger partial charge in [-0.1, -0.05) is 0 Å². The number of aliphatic hydroxyl groups excluding tert-OH is 1. The minimum atomic E-state index is -4.50. The number of rotatable bonds is 6.